The van der Waals surface area contributed by atoms with Crippen molar-refractivity contribution in [3.63, 3.8) is 0 Å². The lowest BCUT2D eigenvalue weighted by atomic mass is 10.2. The molecular formula is C21H22ClFN4O2S. The number of para-hydroxylation sites is 1. The summed E-state index contributed by atoms with van der Waals surface area (Å²) in [6, 6.07) is 11.7. The van der Waals surface area contributed by atoms with Crippen LogP contribution in [-0.2, 0) is 11.3 Å². The molecule has 0 aliphatic carbocycles. The molecule has 30 heavy (non-hydrogen) atoms. The van der Waals surface area contributed by atoms with E-state index >= 15 is 0 Å². The number of ether oxygens (including phenoxy) is 1. The number of pyridine rings is 1. The topological polar surface area (TPSA) is 60.2 Å². The first kappa shape index (κ1) is 22.1. The van der Waals surface area contributed by atoms with Crippen molar-refractivity contribution >= 4 is 29.5 Å². The summed E-state index contributed by atoms with van der Waals surface area (Å²) in [4.78, 5) is 18.6. The summed E-state index contributed by atoms with van der Waals surface area (Å²) in [6.45, 7) is 5.63. The monoisotopic (exact) mass is 448 g/mol. The Hall–Kier alpha value is -2.58. The summed E-state index contributed by atoms with van der Waals surface area (Å²) < 4.78 is 21.4. The van der Waals surface area contributed by atoms with Crippen LogP contribution in [0.2, 0.25) is 5.15 Å². The third-order valence-corrected chi connectivity index (χ3v) is 5.04. The molecule has 9 heteroatoms. The Kier molecular flexibility index (Phi) is 6.67. The van der Waals surface area contributed by atoms with Gasteiger partial charge in [-0.2, -0.15) is 5.10 Å². The second kappa shape index (κ2) is 9.06. The van der Waals surface area contributed by atoms with Gasteiger partial charge >= 0.3 is 6.09 Å². The number of hydrogen-bond acceptors (Lipinski definition) is 5. The summed E-state index contributed by atoms with van der Waals surface area (Å²) >= 11 is 7.23. The van der Waals surface area contributed by atoms with Crippen molar-refractivity contribution in [1.82, 2.24) is 19.7 Å². The van der Waals surface area contributed by atoms with Crippen molar-refractivity contribution in [1.29, 1.82) is 0 Å². The normalized spacial score (nSPS) is 11.4. The molecule has 0 aliphatic heterocycles. The minimum Gasteiger partial charge on any atom is -0.444 e. The van der Waals surface area contributed by atoms with Gasteiger partial charge < -0.3 is 9.64 Å². The SMILES string of the molecule is CN(Cc1cc(Sc2ccc(Cl)nc2)n(-c2ccccc2F)n1)C(=O)OC(C)(C)C. The number of halogens is 2. The van der Waals surface area contributed by atoms with E-state index in [0.29, 0.717) is 21.6 Å². The Bertz CT molecular complexity index is 1030. The fourth-order valence-corrected chi connectivity index (χ4v) is 3.56. The van der Waals surface area contributed by atoms with Crippen molar-refractivity contribution in [2.75, 3.05) is 7.05 Å². The van der Waals surface area contributed by atoms with Crippen molar-refractivity contribution in [2.24, 2.45) is 0 Å². The standard InChI is InChI=1S/C21H22ClFN4O2S/c1-21(2,3)29-20(28)26(4)13-14-11-19(30-15-9-10-18(22)24-12-15)27(25-14)17-8-6-5-7-16(17)23/h5-12H,13H2,1-4H3. The maximum Gasteiger partial charge on any atom is 0.410 e. The zero-order chi connectivity index (χ0) is 21.9. The Morgan fingerprint density at radius 1 is 1.27 bits per heavy atom. The molecule has 0 bridgehead atoms. The van der Waals surface area contributed by atoms with Gasteiger partial charge in [-0.05, 0) is 51.1 Å². The Morgan fingerprint density at radius 2 is 2.00 bits per heavy atom. The zero-order valence-corrected chi connectivity index (χ0v) is 18.7. The van der Waals surface area contributed by atoms with E-state index in [2.05, 4.69) is 10.1 Å². The van der Waals surface area contributed by atoms with E-state index in [1.807, 2.05) is 12.1 Å². The first-order valence-corrected chi connectivity index (χ1v) is 10.4. The third-order valence-electron chi connectivity index (χ3n) is 3.83. The van der Waals surface area contributed by atoms with E-state index < -0.39 is 17.5 Å². The predicted molar refractivity (Wildman–Crippen MR) is 115 cm³/mol. The van der Waals surface area contributed by atoms with Crippen LogP contribution in [0, 0.1) is 5.82 Å². The molecule has 3 rings (SSSR count). The van der Waals surface area contributed by atoms with Crippen LogP contribution in [0.5, 0.6) is 0 Å². The van der Waals surface area contributed by atoms with Crippen molar-refractivity contribution in [2.45, 2.75) is 42.8 Å². The van der Waals surface area contributed by atoms with E-state index in [4.69, 9.17) is 16.3 Å². The fraction of sp³-hybridized carbons (Fsp3) is 0.286. The molecule has 0 radical (unpaired) electrons. The molecule has 0 fully saturated rings. The smallest absolute Gasteiger partial charge is 0.410 e. The van der Waals surface area contributed by atoms with Crippen molar-refractivity contribution in [3.05, 3.63) is 65.3 Å². The minimum absolute atomic E-state index is 0.211. The quantitative estimate of drug-likeness (QED) is 0.477. The highest BCUT2D eigenvalue weighted by Gasteiger charge is 2.21. The van der Waals surface area contributed by atoms with Crippen molar-refractivity contribution < 1.29 is 13.9 Å². The first-order valence-electron chi connectivity index (χ1n) is 9.20. The van der Waals surface area contributed by atoms with E-state index in [0.717, 1.165) is 4.90 Å². The fourth-order valence-electron chi connectivity index (χ4n) is 2.55. The molecule has 1 amide bonds. The molecular weight excluding hydrogens is 427 g/mol. The first-order chi connectivity index (χ1) is 14.1. The minimum atomic E-state index is -0.597. The van der Waals surface area contributed by atoms with Gasteiger partial charge in [0, 0.05) is 18.1 Å². The lowest BCUT2D eigenvalue weighted by Crippen LogP contribution is -2.33. The highest BCUT2D eigenvalue weighted by Crippen LogP contribution is 2.31. The number of hydrogen-bond donors (Lipinski definition) is 0. The van der Waals surface area contributed by atoms with E-state index in [9.17, 15) is 9.18 Å². The van der Waals surface area contributed by atoms with Gasteiger partial charge in [-0.1, -0.05) is 35.5 Å². The molecule has 0 saturated heterocycles. The van der Waals surface area contributed by atoms with Gasteiger partial charge in [-0.25, -0.2) is 18.9 Å². The second-order valence-corrected chi connectivity index (χ2v) is 9.07. The summed E-state index contributed by atoms with van der Waals surface area (Å²) in [7, 11) is 1.63. The van der Waals surface area contributed by atoms with Crippen LogP contribution in [0.1, 0.15) is 26.5 Å². The van der Waals surface area contributed by atoms with Gasteiger partial charge in [0.25, 0.3) is 0 Å². The molecule has 0 N–H and O–H groups in total. The highest BCUT2D eigenvalue weighted by atomic mass is 35.5. The molecule has 0 atom stereocenters. The van der Waals surface area contributed by atoms with Gasteiger partial charge in [0.2, 0.25) is 0 Å². The number of aromatic nitrogens is 3. The average molecular weight is 449 g/mol. The highest BCUT2D eigenvalue weighted by molar-refractivity contribution is 7.99. The molecule has 2 aromatic heterocycles. The molecule has 0 aliphatic rings. The zero-order valence-electron chi connectivity index (χ0n) is 17.1. The lowest BCUT2D eigenvalue weighted by Gasteiger charge is -2.24. The molecule has 0 unspecified atom stereocenters. The van der Waals surface area contributed by atoms with Crippen LogP contribution in [0.4, 0.5) is 9.18 Å². The second-order valence-electron chi connectivity index (χ2n) is 7.59. The maximum atomic E-state index is 14.4. The van der Waals surface area contributed by atoms with E-state index in [-0.39, 0.29) is 6.54 Å². The summed E-state index contributed by atoms with van der Waals surface area (Å²) in [5.74, 6) is -0.399. The Morgan fingerprint density at radius 3 is 2.63 bits per heavy atom. The molecule has 0 saturated carbocycles. The predicted octanol–water partition coefficient (Wildman–Crippen LogP) is 5.58. The summed E-state index contributed by atoms with van der Waals surface area (Å²) in [5, 5.41) is 5.60. The van der Waals surface area contributed by atoms with Crippen molar-refractivity contribution in [3.8, 4) is 5.69 Å². The van der Waals surface area contributed by atoms with Crippen LogP contribution in [0.25, 0.3) is 5.69 Å². The van der Waals surface area contributed by atoms with Gasteiger partial charge in [-0.15, -0.1) is 0 Å². The van der Waals surface area contributed by atoms with Crippen LogP contribution < -0.4 is 0 Å². The van der Waals surface area contributed by atoms with Crippen LogP contribution in [0.15, 0.2) is 58.6 Å². The number of carbonyl (C=O) groups excluding carboxylic acids is 1. The Labute approximate surface area is 184 Å². The molecule has 2 heterocycles. The largest absolute Gasteiger partial charge is 0.444 e. The van der Waals surface area contributed by atoms with E-state index in [1.54, 1.807) is 58.3 Å². The van der Waals surface area contributed by atoms with Crippen LogP contribution in [-0.4, -0.2) is 38.4 Å². The molecule has 0 spiro atoms. The number of nitrogens with zero attached hydrogens (tertiary/aromatic N) is 4. The van der Waals surface area contributed by atoms with Crippen LogP contribution >= 0.6 is 23.4 Å². The van der Waals surface area contributed by atoms with E-state index in [1.165, 1.54) is 27.4 Å². The number of carbonyl (C=O) groups is 1. The number of amides is 1. The molecule has 158 valence electrons. The summed E-state index contributed by atoms with van der Waals surface area (Å²) in [5.41, 5.74) is 0.310. The molecule has 6 nitrogen and oxygen atoms in total. The lowest BCUT2D eigenvalue weighted by molar-refractivity contribution is 0.0283. The molecule has 1 aromatic carbocycles. The van der Waals surface area contributed by atoms with Gasteiger partial charge in [-0.3, -0.25) is 0 Å². The number of rotatable bonds is 5. The average Bonchev–Trinajstić information content (AvgIpc) is 3.04. The van der Waals surface area contributed by atoms with Crippen LogP contribution in [0.3, 0.4) is 0 Å². The molecule has 3 aromatic rings. The van der Waals surface area contributed by atoms with Gasteiger partial charge in [0.05, 0.1) is 12.2 Å². The third kappa shape index (κ3) is 5.73. The number of benzene rings is 1. The maximum absolute atomic E-state index is 14.4. The van der Waals surface area contributed by atoms with Gasteiger partial charge in [0.15, 0.2) is 0 Å². The summed E-state index contributed by atoms with van der Waals surface area (Å²) in [6.07, 6.45) is 1.18. The Balaban J connectivity index is 1.91. The van der Waals surface area contributed by atoms with Gasteiger partial charge in [0.1, 0.15) is 27.3 Å².